The van der Waals surface area contributed by atoms with Gasteiger partial charge in [0.25, 0.3) is 0 Å². The Morgan fingerprint density at radius 3 is 2.63 bits per heavy atom. The van der Waals surface area contributed by atoms with Crippen molar-refractivity contribution in [2.45, 2.75) is 25.4 Å². The largest absolute Gasteiger partial charge is 0.390 e. The van der Waals surface area contributed by atoms with Gasteiger partial charge in [0.1, 0.15) is 12.1 Å². The number of fused-ring (bicyclic) bond motifs is 2. The van der Waals surface area contributed by atoms with E-state index in [1.165, 1.54) is 0 Å². The summed E-state index contributed by atoms with van der Waals surface area (Å²) in [5.41, 5.74) is 3.58. The lowest BCUT2D eigenvalue weighted by Crippen LogP contribution is -2.42. The molecule has 2 aromatic heterocycles. The molecule has 3 heterocycles. The van der Waals surface area contributed by atoms with Gasteiger partial charge in [0.05, 0.1) is 27.8 Å². The maximum Gasteiger partial charge on any atom is 0.139 e. The van der Waals surface area contributed by atoms with Crippen molar-refractivity contribution in [3.05, 3.63) is 60.9 Å². The molecule has 27 heavy (non-hydrogen) atoms. The average molecular weight is 358 g/mol. The van der Waals surface area contributed by atoms with Crippen molar-refractivity contribution in [3.8, 4) is 5.82 Å². The molecule has 5 heteroatoms. The van der Waals surface area contributed by atoms with Crippen molar-refractivity contribution >= 4 is 27.6 Å². The second-order valence-electron chi connectivity index (χ2n) is 7.61. The predicted octanol–water partition coefficient (Wildman–Crippen LogP) is 3.92. The Labute approximate surface area is 157 Å². The van der Waals surface area contributed by atoms with Gasteiger partial charge >= 0.3 is 0 Å². The molecule has 0 spiro atoms. The number of pyridine rings is 1. The van der Waals surface area contributed by atoms with E-state index in [-0.39, 0.29) is 0 Å². The first-order valence-electron chi connectivity index (χ1n) is 9.40. The van der Waals surface area contributed by atoms with E-state index in [0.29, 0.717) is 0 Å². The van der Waals surface area contributed by atoms with Crippen molar-refractivity contribution in [2.24, 2.45) is 0 Å². The number of imidazole rings is 1. The van der Waals surface area contributed by atoms with Gasteiger partial charge in [0, 0.05) is 18.5 Å². The van der Waals surface area contributed by atoms with Gasteiger partial charge < -0.3 is 10.0 Å². The molecule has 0 unspecified atom stereocenters. The summed E-state index contributed by atoms with van der Waals surface area (Å²) in [5, 5.41) is 11.4. The molecule has 5 nitrogen and oxygen atoms in total. The quantitative estimate of drug-likeness (QED) is 0.590. The molecule has 1 fully saturated rings. The Morgan fingerprint density at radius 2 is 1.78 bits per heavy atom. The molecule has 0 aliphatic carbocycles. The lowest BCUT2D eigenvalue weighted by Gasteiger charge is -2.37. The van der Waals surface area contributed by atoms with Crippen LogP contribution in [0.25, 0.3) is 27.8 Å². The molecule has 136 valence electrons. The van der Waals surface area contributed by atoms with E-state index in [0.717, 1.165) is 59.4 Å². The molecule has 1 N–H and O–H groups in total. The van der Waals surface area contributed by atoms with E-state index in [4.69, 9.17) is 4.98 Å². The maximum atomic E-state index is 10.3. The van der Waals surface area contributed by atoms with Crippen LogP contribution >= 0.6 is 0 Å². The number of nitrogens with zero attached hydrogens (tertiary/aromatic N) is 4. The summed E-state index contributed by atoms with van der Waals surface area (Å²) in [6.07, 6.45) is 3.38. The molecular weight excluding hydrogens is 336 g/mol. The van der Waals surface area contributed by atoms with Crippen molar-refractivity contribution in [1.29, 1.82) is 0 Å². The molecular formula is C22H22N4O. The van der Waals surface area contributed by atoms with E-state index < -0.39 is 5.60 Å². The Balaban J connectivity index is 1.61. The van der Waals surface area contributed by atoms with Crippen LogP contribution < -0.4 is 4.90 Å². The molecule has 0 amide bonds. The SMILES string of the molecule is CC1(O)CCN(c2cccc3ccc(-n4cnc5ccccc54)nc23)CC1. The number of para-hydroxylation sites is 3. The van der Waals surface area contributed by atoms with E-state index >= 15 is 0 Å². The highest BCUT2D eigenvalue weighted by Crippen LogP contribution is 2.31. The van der Waals surface area contributed by atoms with Crippen molar-refractivity contribution in [2.75, 3.05) is 18.0 Å². The monoisotopic (exact) mass is 358 g/mol. The molecule has 1 saturated heterocycles. The van der Waals surface area contributed by atoms with Crippen LogP contribution in [0.5, 0.6) is 0 Å². The summed E-state index contributed by atoms with van der Waals surface area (Å²) in [7, 11) is 0. The lowest BCUT2D eigenvalue weighted by atomic mass is 9.93. The van der Waals surface area contributed by atoms with Crippen LogP contribution in [0.15, 0.2) is 60.9 Å². The Hall–Kier alpha value is -2.92. The summed E-state index contributed by atoms with van der Waals surface area (Å²) in [5.74, 6) is 0.868. The van der Waals surface area contributed by atoms with E-state index in [9.17, 15) is 5.11 Å². The van der Waals surface area contributed by atoms with Crippen LogP contribution in [0, 0.1) is 0 Å². The van der Waals surface area contributed by atoms with Crippen molar-refractivity contribution in [1.82, 2.24) is 14.5 Å². The fraction of sp³-hybridized carbons (Fsp3) is 0.273. The minimum Gasteiger partial charge on any atom is -0.390 e. The van der Waals surface area contributed by atoms with Gasteiger partial charge in [-0.3, -0.25) is 4.57 Å². The fourth-order valence-electron chi connectivity index (χ4n) is 3.88. The van der Waals surface area contributed by atoms with Crippen LogP contribution in [0.3, 0.4) is 0 Å². The standard InChI is InChI=1S/C22H22N4O/c1-22(27)11-13-25(14-12-22)19-8-4-5-16-9-10-20(24-21(16)19)26-15-23-17-6-2-3-7-18(17)26/h2-10,15,27H,11-14H2,1H3. The number of aliphatic hydroxyl groups is 1. The van der Waals surface area contributed by atoms with Gasteiger partial charge in [-0.2, -0.15) is 0 Å². The maximum absolute atomic E-state index is 10.3. The summed E-state index contributed by atoms with van der Waals surface area (Å²) in [6.45, 7) is 3.60. The van der Waals surface area contributed by atoms with Gasteiger partial charge in [-0.05, 0) is 50.1 Å². The first-order chi connectivity index (χ1) is 13.1. The predicted molar refractivity (Wildman–Crippen MR) is 108 cm³/mol. The zero-order valence-electron chi connectivity index (χ0n) is 15.3. The Bertz CT molecular complexity index is 1120. The number of hydrogen-bond acceptors (Lipinski definition) is 4. The topological polar surface area (TPSA) is 54.2 Å². The van der Waals surface area contributed by atoms with Gasteiger partial charge in [0.2, 0.25) is 0 Å². The molecule has 0 radical (unpaired) electrons. The third-order valence-corrected chi connectivity index (χ3v) is 5.57. The van der Waals surface area contributed by atoms with E-state index in [1.54, 1.807) is 0 Å². The highest BCUT2D eigenvalue weighted by Gasteiger charge is 2.28. The smallest absolute Gasteiger partial charge is 0.139 e. The van der Waals surface area contributed by atoms with Crippen molar-refractivity contribution < 1.29 is 5.11 Å². The highest BCUT2D eigenvalue weighted by molar-refractivity contribution is 5.92. The zero-order valence-corrected chi connectivity index (χ0v) is 15.3. The summed E-state index contributed by atoms with van der Waals surface area (Å²) < 4.78 is 2.03. The molecule has 0 atom stereocenters. The van der Waals surface area contributed by atoms with E-state index in [1.807, 2.05) is 42.1 Å². The van der Waals surface area contributed by atoms with Crippen LogP contribution in [0.4, 0.5) is 5.69 Å². The number of benzene rings is 2. The Morgan fingerprint density at radius 1 is 0.963 bits per heavy atom. The number of aromatic nitrogens is 3. The number of anilines is 1. The second kappa shape index (κ2) is 6.06. The van der Waals surface area contributed by atoms with Gasteiger partial charge in [0.15, 0.2) is 0 Å². The van der Waals surface area contributed by atoms with E-state index in [2.05, 4.69) is 40.2 Å². The van der Waals surface area contributed by atoms with Crippen LogP contribution in [0.2, 0.25) is 0 Å². The van der Waals surface area contributed by atoms with Gasteiger partial charge in [-0.15, -0.1) is 0 Å². The lowest BCUT2D eigenvalue weighted by molar-refractivity contribution is 0.0352. The first-order valence-corrected chi connectivity index (χ1v) is 9.40. The molecule has 1 aliphatic rings. The zero-order chi connectivity index (χ0) is 18.4. The minimum absolute atomic E-state index is 0.560. The molecule has 2 aromatic carbocycles. The summed E-state index contributed by atoms with van der Waals surface area (Å²) in [6, 6.07) is 18.6. The highest BCUT2D eigenvalue weighted by atomic mass is 16.3. The van der Waals surface area contributed by atoms with Crippen LogP contribution in [0.1, 0.15) is 19.8 Å². The average Bonchev–Trinajstić information content (AvgIpc) is 3.11. The first kappa shape index (κ1) is 16.3. The summed E-state index contributed by atoms with van der Waals surface area (Å²) in [4.78, 5) is 11.8. The summed E-state index contributed by atoms with van der Waals surface area (Å²) >= 11 is 0. The molecule has 0 bridgehead atoms. The number of piperidine rings is 1. The minimum atomic E-state index is -0.560. The van der Waals surface area contributed by atoms with Gasteiger partial charge in [-0.1, -0.05) is 24.3 Å². The Kier molecular flexibility index (Phi) is 3.65. The molecule has 0 saturated carbocycles. The fourth-order valence-corrected chi connectivity index (χ4v) is 3.88. The number of rotatable bonds is 2. The third-order valence-electron chi connectivity index (χ3n) is 5.57. The normalized spacial score (nSPS) is 16.9. The molecule has 1 aliphatic heterocycles. The van der Waals surface area contributed by atoms with Crippen LogP contribution in [-0.2, 0) is 0 Å². The van der Waals surface area contributed by atoms with Crippen LogP contribution in [-0.4, -0.2) is 38.3 Å². The second-order valence-corrected chi connectivity index (χ2v) is 7.61. The van der Waals surface area contributed by atoms with Crippen molar-refractivity contribution in [3.63, 3.8) is 0 Å². The molecule has 4 aromatic rings. The van der Waals surface area contributed by atoms with Gasteiger partial charge in [-0.25, -0.2) is 9.97 Å². The molecule has 5 rings (SSSR count). The third kappa shape index (κ3) is 2.84. The number of hydrogen-bond donors (Lipinski definition) is 1.